The van der Waals surface area contributed by atoms with Gasteiger partial charge >= 0.3 is 5.69 Å². The number of aromatic nitrogens is 4. The minimum atomic E-state index is -3.99. The van der Waals surface area contributed by atoms with Crippen LogP contribution in [0.5, 0.6) is 0 Å². The van der Waals surface area contributed by atoms with Gasteiger partial charge in [0.15, 0.2) is 11.2 Å². The molecule has 0 saturated carbocycles. The maximum atomic E-state index is 12.9. The zero-order valence-corrected chi connectivity index (χ0v) is 18.9. The summed E-state index contributed by atoms with van der Waals surface area (Å²) in [5, 5.41) is 2.34. The smallest absolute Gasteiger partial charge is 0.326 e. The number of aryl methyl sites for hydroxylation is 2. The lowest BCUT2D eigenvalue weighted by atomic mass is 10.0. The van der Waals surface area contributed by atoms with E-state index >= 15 is 0 Å². The Labute approximate surface area is 179 Å². The number of amides is 1. The van der Waals surface area contributed by atoms with E-state index in [1.807, 2.05) is 32.0 Å². The minimum absolute atomic E-state index is 0.0987. The first-order chi connectivity index (χ1) is 14.4. The molecule has 0 fully saturated rings. The van der Waals surface area contributed by atoms with Crippen LogP contribution < -0.4 is 16.6 Å². The van der Waals surface area contributed by atoms with E-state index in [2.05, 4.69) is 10.3 Å². The third-order valence-corrected chi connectivity index (χ3v) is 6.80. The van der Waals surface area contributed by atoms with Gasteiger partial charge in [0.05, 0.1) is 5.75 Å². The molecule has 3 rings (SSSR count). The van der Waals surface area contributed by atoms with Gasteiger partial charge in [-0.3, -0.25) is 18.7 Å². The molecule has 0 aliphatic rings. The van der Waals surface area contributed by atoms with Crippen molar-refractivity contribution in [3.8, 4) is 0 Å². The molecule has 0 spiro atoms. The highest BCUT2D eigenvalue weighted by atomic mass is 32.2. The fourth-order valence-electron chi connectivity index (χ4n) is 3.35. The van der Waals surface area contributed by atoms with Crippen LogP contribution >= 0.6 is 0 Å². The molecule has 0 aliphatic heterocycles. The molecule has 0 radical (unpaired) electrons. The number of carbonyl (C=O) groups is 1. The first-order valence-electron chi connectivity index (χ1n) is 9.69. The first kappa shape index (κ1) is 22.5. The lowest BCUT2D eigenvalue weighted by Gasteiger charge is -2.10. The molecule has 31 heavy (non-hydrogen) atoms. The fraction of sp³-hybridized carbons (Fsp3) is 0.400. The fourth-order valence-corrected chi connectivity index (χ4v) is 4.73. The predicted octanol–water partition coefficient (Wildman–Crippen LogP) is 0.897. The summed E-state index contributed by atoms with van der Waals surface area (Å²) in [6.07, 6.45) is -0.283. The first-order valence-corrected chi connectivity index (χ1v) is 11.3. The van der Waals surface area contributed by atoms with Gasteiger partial charge in [0.25, 0.3) is 5.56 Å². The van der Waals surface area contributed by atoms with Crippen LogP contribution in [0, 0.1) is 0 Å². The summed E-state index contributed by atoms with van der Waals surface area (Å²) >= 11 is 0. The van der Waals surface area contributed by atoms with Crippen LogP contribution in [0.4, 0.5) is 5.69 Å². The van der Waals surface area contributed by atoms with Gasteiger partial charge in [0.1, 0.15) is 0 Å². The topological polar surface area (TPSA) is 125 Å². The molecular formula is C20H25N5O5S. The molecule has 10 nitrogen and oxygen atoms in total. The number of carbonyl (C=O) groups excluding carboxylic acids is 1. The standard InChI is InChI=1S/C20H25N5O5S/c1-12(2)13-7-6-8-14(11-13)21-15(26)9-10-31(29,30)19-22-16-17(23(19)3)24(4)20(28)25(5)18(16)27/h6-8,11-12H,9-10H2,1-5H3,(H,21,26). The van der Waals surface area contributed by atoms with E-state index in [-0.39, 0.29) is 22.7 Å². The summed E-state index contributed by atoms with van der Waals surface area (Å²) < 4.78 is 28.9. The third-order valence-electron chi connectivity index (χ3n) is 5.14. The van der Waals surface area contributed by atoms with Crippen molar-refractivity contribution < 1.29 is 13.2 Å². The van der Waals surface area contributed by atoms with E-state index in [0.717, 1.165) is 14.7 Å². The summed E-state index contributed by atoms with van der Waals surface area (Å²) in [6.45, 7) is 4.07. The van der Waals surface area contributed by atoms with E-state index in [9.17, 15) is 22.8 Å². The zero-order valence-electron chi connectivity index (χ0n) is 18.0. The van der Waals surface area contributed by atoms with Gasteiger partial charge < -0.3 is 9.88 Å². The van der Waals surface area contributed by atoms with Gasteiger partial charge in [0, 0.05) is 33.3 Å². The molecule has 1 amide bonds. The summed E-state index contributed by atoms with van der Waals surface area (Å²) in [5.41, 5.74) is 0.347. The van der Waals surface area contributed by atoms with E-state index in [0.29, 0.717) is 11.6 Å². The third kappa shape index (κ3) is 4.18. The number of anilines is 1. The van der Waals surface area contributed by atoms with Gasteiger partial charge in [-0.25, -0.2) is 18.2 Å². The van der Waals surface area contributed by atoms with Crippen LogP contribution in [0.15, 0.2) is 39.0 Å². The van der Waals surface area contributed by atoms with Crippen molar-refractivity contribution in [2.45, 2.75) is 31.3 Å². The van der Waals surface area contributed by atoms with Crippen molar-refractivity contribution in [1.82, 2.24) is 18.7 Å². The number of nitrogens with one attached hydrogen (secondary N) is 1. The molecule has 1 aromatic carbocycles. The van der Waals surface area contributed by atoms with Crippen LogP contribution in [0.3, 0.4) is 0 Å². The average Bonchev–Trinajstić information content (AvgIpc) is 3.07. The van der Waals surface area contributed by atoms with Crippen molar-refractivity contribution in [1.29, 1.82) is 0 Å². The normalized spacial score (nSPS) is 11.9. The van der Waals surface area contributed by atoms with Crippen LogP contribution in [0.2, 0.25) is 0 Å². The van der Waals surface area contributed by atoms with Crippen molar-refractivity contribution >= 4 is 32.6 Å². The monoisotopic (exact) mass is 447 g/mol. The second-order valence-corrected chi connectivity index (χ2v) is 9.73. The molecule has 0 unspecified atom stereocenters. The summed E-state index contributed by atoms with van der Waals surface area (Å²) in [5.74, 6) is -0.654. The molecule has 0 saturated heterocycles. The molecule has 3 aromatic rings. The number of nitrogens with zero attached hydrogens (tertiary/aromatic N) is 4. The molecule has 1 N–H and O–H groups in total. The van der Waals surface area contributed by atoms with Gasteiger partial charge in [-0.1, -0.05) is 26.0 Å². The Morgan fingerprint density at radius 2 is 1.77 bits per heavy atom. The quantitative estimate of drug-likeness (QED) is 0.598. The number of benzene rings is 1. The number of fused-ring (bicyclic) bond motifs is 1. The van der Waals surface area contributed by atoms with Crippen LogP contribution in [0.1, 0.15) is 31.7 Å². The van der Waals surface area contributed by atoms with E-state index in [1.165, 1.54) is 25.7 Å². The number of hydrogen-bond acceptors (Lipinski definition) is 6. The maximum absolute atomic E-state index is 12.9. The van der Waals surface area contributed by atoms with Gasteiger partial charge in [0.2, 0.25) is 20.9 Å². The van der Waals surface area contributed by atoms with Crippen LogP contribution in [-0.2, 0) is 35.8 Å². The SMILES string of the molecule is CC(C)c1cccc(NC(=O)CCS(=O)(=O)c2nc3c(=O)n(C)c(=O)n(C)c3n2C)c1. The molecular weight excluding hydrogens is 422 g/mol. The Bertz CT molecular complexity index is 1400. The van der Waals surface area contributed by atoms with Crippen LogP contribution in [0.25, 0.3) is 11.2 Å². The second kappa shape index (κ2) is 8.14. The number of rotatable bonds is 6. The Morgan fingerprint density at radius 1 is 1.10 bits per heavy atom. The number of sulfone groups is 1. The van der Waals surface area contributed by atoms with Gasteiger partial charge in [-0.05, 0) is 23.6 Å². The predicted molar refractivity (Wildman–Crippen MR) is 117 cm³/mol. The minimum Gasteiger partial charge on any atom is -0.326 e. The maximum Gasteiger partial charge on any atom is 0.332 e. The van der Waals surface area contributed by atoms with Crippen molar-refractivity contribution in [2.75, 3.05) is 11.1 Å². The molecule has 0 bridgehead atoms. The number of imidazole rings is 1. The summed E-state index contributed by atoms with van der Waals surface area (Å²) in [7, 11) is 0.150. The van der Waals surface area contributed by atoms with E-state index in [4.69, 9.17) is 0 Å². The Balaban J connectivity index is 1.85. The van der Waals surface area contributed by atoms with Gasteiger partial charge in [-0.2, -0.15) is 0 Å². The number of hydrogen-bond donors (Lipinski definition) is 1. The Morgan fingerprint density at radius 3 is 2.42 bits per heavy atom. The summed E-state index contributed by atoms with van der Waals surface area (Å²) in [6, 6.07) is 7.36. The Kier molecular flexibility index (Phi) is 5.90. The Hall–Kier alpha value is -3.21. The zero-order chi connectivity index (χ0) is 23.1. The van der Waals surface area contributed by atoms with Crippen molar-refractivity contribution in [3.63, 3.8) is 0 Å². The summed E-state index contributed by atoms with van der Waals surface area (Å²) in [4.78, 5) is 40.8. The molecule has 11 heteroatoms. The molecule has 2 aromatic heterocycles. The molecule has 166 valence electrons. The average molecular weight is 448 g/mol. The van der Waals surface area contributed by atoms with Crippen LogP contribution in [-0.4, -0.2) is 38.8 Å². The molecule has 0 aliphatic carbocycles. The second-order valence-electron chi connectivity index (χ2n) is 7.73. The van der Waals surface area contributed by atoms with E-state index < -0.39 is 32.7 Å². The lowest BCUT2D eigenvalue weighted by molar-refractivity contribution is -0.115. The van der Waals surface area contributed by atoms with Crippen molar-refractivity contribution in [3.05, 3.63) is 50.7 Å². The van der Waals surface area contributed by atoms with E-state index in [1.54, 1.807) is 6.07 Å². The lowest BCUT2D eigenvalue weighted by Crippen LogP contribution is -2.37. The molecule has 0 atom stereocenters. The highest BCUT2D eigenvalue weighted by molar-refractivity contribution is 7.91. The molecule has 2 heterocycles. The van der Waals surface area contributed by atoms with Gasteiger partial charge in [-0.15, -0.1) is 0 Å². The highest BCUT2D eigenvalue weighted by Crippen LogP contribution is 2.19. The highest BCUT2D eigenvalue weighted by Gasteiger charge is 2.26. The largest absolute Gasteiger partial charge is 0.332 e. The van der Waals surface area contributed by atoms with Crippen molar-refractivity contribution in [2.24, 2.45) is 21.1 Å².